The van der Waals surface area contributed by atoms with Crippen LogP contribution in [0.5, 0.6) is 11.5 Å². The summed E-state index contributed by atoms with van der Waals surface area (Å²) in [6.45, 7) is 0. The maximum Gasteiger partial charge on any atom is 0.573 e. The van der Waals surface area contributed by atoms with E-state index in [-0.39, 0.29) is 0 Å². The molecule has 0 radical (unpaired) electrons. The summed E-state index contributed by atoms with van der Waals surface area (Å²) >= 11 is 0. The molecule has 0 bridgehead atoms. The largest absolute Gasteiger partial charge is 0.573 e. The summed E-state index contributed by atoms with van der Waals surface area (Å²) in [4.78, 5) is 0. The Bertz CT molecular complexity index is 392. The first-order valence-corrected chi connectivity index (χ1v) is 2.78. The number of hydrogen-bond donors (Lipinski definition) is 1. The van der Waals surface area contributed by atoms with E-state index in [0.29, 0.717) is 6.07 Å². The second-order valence-electron chi connectivity index (χ2n) is 1.80. The van der Waals surface area contributed by atoms with Crippen LogP contribution in [0.2, 0.25) is 0 Å². The highest BCUT2D eigenvalue weighted by Crippen LogP contribution is 2.23. The van der Waals surface area contributed by atoms with E-state index in [1.54, 1.807) is 0 Å². The Morgan fingerprint density at radius 2 is 2.00 bits per heavy atom. The predicted molar refractivity (Wildman–Crippen MR) is 34.8 cm³/mol. The molecular formula is C7H5F3O2. The Labute approximate surface area is 70.4 Å². The number of halogens is 3. The zero-order valence-corrected chi connectivity index (χ0v) is 5.57. The van der Waals surface area contributed by atoms with Crippen molar-refractivity contribution in [3.8, 4) is 11.5 Å². The predicted octanol–water partition coefficient (Wildman–Crippen LogP) is 2.29. The first-order valence-electron chi connectivity index (χ1n) is 4.28. The van der Waals surface area contributed by atoms with Gasteiger partial charge in [0.2, 0.25) is 0 Å². The normalized spacial score (nSPS) is 14.8. The lowest BCUT2D eigenvalue weighted by atomic mass is 10.3. The average molecular weight is 181 g/mol. The number of phenols is 1. The summed E-state index contributed by atoms with van der Waals surface area (Å²) in [7, 11) is 0. The molecule has 0 aliphatic carbocycles. The van der Waals surface area contributed by atoms with Crippen molar-refractivity contribution in [1.82, 2.24) is 0 Å². The summed E-state index contributed by atoms with van der Waals surface area (Å²) < 4.78 is 59.9. The molecule has 1 aromatic rings. The highest BCUT2D eigenvalue weighted by Gasteiger charge is 2.30. The lowest BCUT2D eigenvalue weighted by Crippen LogP contribution is -2.16. The molecule has 0 amide bonds. The van der Waals surface area contributed by atoms with Crippen molar-refractivity contribution in [3.63, 3.8) is 0 Å². The first-order chi connectivity index (χ1) is 6.72. The number of rotatable bonds is 1. The van der Waals surface area contributed by atoms with Crippen LogP contribution in [0.15, 0.2) is 24.2 Å². The SMILES string of the molecule is [2H]c1cc(OC(F)(F)F)c([2H])c([2H])c1O. The number of benzene rings is 1. The van der Waals surface area contributed by atoms with E-state index in [2.05, 4.69) is 4.74 Å². The van der Waals surface area contributed by atoms with Crippen LogP contribution in [0.3, 0.4) is 0 Å². The van der Waals surface area contributed by atoms with E-state index in [0.717, 1.165) is 0 Å². The van der Waals surface area contributed by atoms with Gasteiger partial charge in [0.15, 0.2) is 0 Å². The Balaban J connectivity index is 3.21. The lowest BCUT2D eigenvalue weighted by molar-refractivity contribution is -0.274. The zero-order valence-electron chi connectivity index (χ0n) is 8.57. The molecule has 0 aromatic heterocycles. The molecule has 1 N–H and O–H groups in total. The van der Waals surface area contributed by atoms with Crippen LogP contribution in [-0.2, 0) is 0 Å². The number of hydrogen-bond acceptors (Lipinski definition) is 2. The molecular weight excluding hydrogens is 173 g/mol. The van der Waals surface area contributed by atoms with E-state index in [1.807, 2.05) is 0 Å². The topological polar surface area (TPSA) is 29.5 Å². The molecule has 0 aliphatic rings. The van der Waals surface area contributed by atoms with Gasteiger partial charge in [-0.3, -0.25) is 0 Å². The van der Waals surface area contributed by atoms with Crippen molar-refractivity contribution in [3.05, 3.63) is 24.2 Å². The molecule has 0 fully saturated rings. The Kier molecular flexibility index (Phi) is 1.29. The van der Waals surface area contributed by atoms with E-state index in [4.69, 9.17) is 9.22 Å². The van der Waals surface area contributed by atoms with Crippen LogP contribution in [0.1, 0.15) is 4.11 Å². The number of alkyl halides is 3. The van der Waals surface area contributed by atoms with Crippen molar-refractivity contribution in [2.24, 2.45) is 0 Å². The quantitative estimate of drug-likeness (QED) is 0.720. The van der Waals surface area contributed by atoms with Crippen molar-refractivity contribution < 1.29 is 27.1 Å². The number of phenolic OH excluding ortho intramolecular Hbond substituents is 1. The van der Waals surface area contributed by atoms with Gasteiger partial charge in [-0.25, -0.2) is 0 Å². The monoisotopic (exact) mass is 181 g/mol. The average Bonchev–Trinajstić information content (AvgIpc) is 2.08. The van der Waals surface area contributed by atoms with Gasteiger partial charge in [-0.2, -0.15) is 0 Å². The minimum Gasteiger partial charge on any atom is -0.508 e. The molecule has 0 saturated carbocycles. The van der Waals surface area contributed by atoms with Crippen LogP contribution in [0.4, 0.5) is 13.2 Å². The molecule has 0 spiro atoms. The summed E-state index contributed by atoms with van der Waals surface area (Å²) in [5.41, 5.74) is 0. The molecule has 0 atom stereocenters. The smallest absolute Gasteiger partial charge is 0.508 e. The summed E-state index contributed by atoms with van der Waals surface area (Å²) in [6.07, 6.45) is -4.99. The fraction of sp³-hybridized carbons (Fsp3) is 0.143. The van der Waals surface area contributed by atoms with E-state index in [1.165, 1.54) is 0 Å². The van der Waals surface area contributed by atoms with E-state index >= 15 is 0 Å². The van der Waals surface area contributed by atoms with Gasteiger partial charge in [0.05, 0.1) is 4.11 Å². The fourth-order valence-electron chi connectivity index (χ4n) is 0.507. The maximum absolute atomic E-state index is 11.8. The third-order valence-corrected chi connectivity index (χ3v) is 0.870. The Morgan fingerprint density at radius 3 is 2.58 bits per heavy atom. The summed E-state index contributed by atoms with van der Waals surface area (Å²) in [6, 6.07) is -1.96. The van der Waals surface area contributed by atoms with Gasteiger partial charge in [-0.1, -0.05) is 0 Å². The van der Waals surface area contributed by atoms with Crippen molar-refractivity contribution >= 4 is 0 Å². The zero-order chi connectivity index (χ0) is 11.8. The van der Waals surface area contributed by atoms with Crippen LogP contribution in [0, 0.1) is 0 Å². The Hall–Kier alpha value is -1.39. The van der Waals surface area contributed by atoms with E-state index < -0.39 is 36.0 Å². The van der Waals surface area contributed by atoms with Gasteiger partial charge in [0.1, 0.15) is 11.5 Å². The van der Waals surface area contributed by atoms with Gasteiger partial charge in [0, 0.05) is 0 Å². The minimum atomic E-state index is -4.99. The van der Waals surface area contributed by atoms with Crippen molar-refractivity contribution in [2.75, 3.05) is 0 Å². The highest BCUT2D eigenvalue weighted by atomic mass is 19.4. The summed E-state index contributed by atoms with van der Waals surface area (Å²) in [5.74, 6) is -1.83. The molecule has 1 rings (SSSR count). The fourth-order valence-corrected chi connectivity index (χ4v) is 0.507. The third-order valence-electron chi connectivity index (χ3n) is 0.870. The van der Waals surface area contributed by atoms with Gasteiger partial charge in [0.25, 0.3) is 0 Å². The molecule has 66 valence electrons. The second kappa shape index (κ2) is 2.92. The molecule has 5 heteroatoms. The van der Waals surface area contributed by atoms with Crippen LogP contribution >= 0.6 is 0 Å². The maximum atomic E-state index is 11.8. The Morgan fingerprint density at radius 1 is 1.33 bits per heavy atom. The molecule has 2 nitrogen and oxygen atoms in total. The summed E-state index contributed by atoms with van der Waals surface area (Å²) in [5, 5.41) is 8.98. The highest BCUT2D eigenvalue weighted by molar-refractivity contribution is 5.30. The van der Waals surface area contributed by atoms with Crippen molar-refractivity contribution in [1.29, 1.82) is 0 Å². The number of ether oxygens (including phenoxy) is 1. The van der Waals surface area contributed by atoms with E-state index in [9.17, 15) is 13.2 Å². The van der Waals surface area contributed by atoms with Crippen LogP contribution < -0.4 is 4.74 Å². The van der Waals surface area contributed by atoms with Gasteiger partial charge in [-0.05, 0) is 24.2 Å². The van der Waals surface area contributed by atoms with Crippen LogP contribution in [0.25, 0.3) is 0 Å². The lowest BCUT2D eigenvalue weighted by Gasteiger charge is -2.07. The second-order valence-corrected chi connectivity index (χ2v) is 1.80. The van der Waals surface area contributed by atoms with Crippen LogP contribution in [-0.4, -0.2) is 11.5 Å². The molecule has 0 heterocycles. The minimum absolute atomic E-state index is 0.531. The molecule has 0 aliphatic heterocycles. The van der Waals surface area contributed by atoms with Gasteiger partial charge >= 0.3 is 6.36 Å². The van der Waals surface area contributed by atoms with Crippen molar-refractivity contribution in [2.45, 2.75) is 6.36 Å². The molecule has 0 unspecified atom stereocenters. The number of aromatic hydroxyl groups is 1. The first kappa shape index (κ1) is 5.29. The molecule has 12 heavy (non-hydrogen) atoms. The van der Waals surface area contributed by atoms with Gasteiger partial charge in [-0.15, -0.1) is 13.2 Å². The standard InChI is InChI=1S/C7H5F3O2/c8-7(9,10)12-6-3-1-5(11)2-4-6/h1-4,11H/i1D,2D,3D. The molecule has 0 saturated heterocycles. The molecule has 1 aromatic carbocycles. The third kappa shape index (κ3) is 2.69. The van der Waals surface area contributed by atoms with Gasteiger partial charge < -0.3 is 9.84 Å².